The van der Waals surface area contributed by atoms with E-state index in [4.69, 9.17) is 15.6 Å². The molecular weight excluding hydrogens is 186 g/mol. The van der Waals surface area contributed by atoms with Crippen LogP contribution in [-0.2, 0) is 14.3 Å². The van der Waals surface area contributed by atoms with Gasteiger partial charge in [0.1, 0.15) is 5.54 Å². The van der Waals surface area contributed by atoms with Gasteiger partial charge in [-0.3, -0.25) is 9.59 Å². The number of esters is 1. The van der Waals surface area contributed by atoms with Crippen LogP contribution in [0.3, 0.4) is 0 Å². The molecule has 0 aliphatic rings. The lowest BCUT2D eigenvalue weighted by Crippen LogP contribution is -2.46. The van der Waals surface area contributed by atoms with Crippen LogP contribution < -0.4 is 5.73 Å². The van der Waals surface area contributed by atoms with Crippen molar-refractivity contribution in [2.75, 3.05) is 6.61 Å². The Morgan fingerprint density at radius 3 is 2.50 bits per heavy atom. The molecule has 14 heavy (non-hydrogen) atoms. The molecule has 0 saturated heterocycles. The van der Waals surface area contributed by atoms with Crippen molar-refractivity contribution in [2.24, 2.45) is 5.73 Å². The summed E-state index contributed by atoms with van der Waals surface area (Å²) >= 11 is 0. The van der Waals surface area contributed by atoms with Gasteiger partial charge in [0.2, 0.25) is 0 Å². The normalized spacial score (nSPS) is 14.5. The molecule has 82 valence electrons. The van der Waals surface area contributed by atoms with Crippen molar-refractivity contribution in [3.8, 4) is 0 Å². The Labute approximate surface area is 83.2 Å². The van der Waals surface area contributed by atoms with Gasteiger partial charge in [-0.05, 0) is 13.3 Å². The molecule has 5 nitrogen and oxygen atoms in total. The number of carboxylic acids is 1. The predicted octanol–water partition coefficient (Wildman–Crippen LogP) is 0.522. The van der Waals surface area contributed by atoms with Gasteiger partial charge in [0.25, 0.3) is 0 Å². The van der Waals surface area contributed by atoms with Crippen LogP contribution >= 0.6 is 0 Å². The third-order valence-electron chi connectivity index (χ3n) is 1.76. The minimum atomic E-state index is -1.54. The second-order valence-corrected chi connectivity index (χ2v) is 3.47. The zero-order chi connectivity index (χ0) is 11.2. The van der Waals surface area contributed by atoms with Crippen molar-refractivity contribution in [2.45, 2.75) is 38.6 Å². The third kappa shape index (κ3) is 4.81. The molecule has 0 amide bonds. The Morgan fingerprint density at radius 2 is 2.07 bits per heavy atom. The molecule has 0 aliphatic heterocycles. The van der Waals surface area contributed by atoms with E-state index in [9.17, 15) is 9.59 Å². The van der Waals surface area contributed by atoms with E-state index in [1.165, 1.54) is 6.92 Å². The number of aliphatic carboxylic acids is 1. The maximum Gasteiger partial charge on any atom is 0.323 e. The van der Waals surface area contributed by atoms with Crippen LogP contribution in [0.15, 0.2) is 0 Å². The van der Waals surface area contributed by atoms with E-state index in [1.807, 2.05) is 6.92 Å². The summed E-state index contributed by atoms with van der Waals surface area (Å²) in [6.45, 7) is 3.58. The molecule has 0 spiro atoms. The van der Waals surface area contributed by atoms with Crippen molar-refractivity contribution in [3.63, 3.8) is 0 Å². The average Bonchev–Trinajstić information content (AvgIpc) is 2.03. The van der Waals surface area contributed by atoms with Gasteiger partial charge in [-0.1, -0.05) is 13.3 Å². The van der Waals surface area contributed by atoms with Crippen molar-refractivity contribution < 1.29 is 19.4 Å². The SMILES string of the molecule is CCCCOC(=O)CC(C)(N)C(=O)O. The number of rotatable bonds is 6. The Hall–Kier alpha value is -1.10. The zero-order valence-electron chi connectivity index (χ0n) is 8.58. The summed E-state index contributed by atoms with van der Waals surface area (Å²) in [6, 6.07) is 0. The van der Waals surface area contributed by atoms with E-state index in [1.54, 1.807) is 0 Å². The summed E-state index contributed by atoms with van der Waals surface area (Å²) in [7, 11) is 0. The molecule has 0 aromatic carbocycles. The van der Waals surface area contributed by atoms with Crippen LogP contribution in [0.2, 0.25) is 0 Å². The highest BCUT2D eigenvalue weighted by Gasteiger charge is 2.31. The first kappa shape index (κ1) is 12.9. The maximum absolute atomic E-state index is 11.1. The Bertz CT molecular complexity index is 213. The highest BCUT2D eigenvalue weighted by molar-refractivity contribution is 5.84. The van der Waals surface area contributed by atoms with Crippen LogP contribution in [0.5, 0.6) is 0 Å². The largest absolute Gasteiger partial charge is 0.480 e. The number of carbonyl (C=O) groups is 2. The molecule has 0 heterocycles. The van der Waals surface area contributed by atoms with Gasteiger partial charge in [-0.2, -0.15) is 0 Å². The molecule has 0 fully saturated rings. The molecular formula is C9H17NO4. The molecule has 0 radical (unpaired) electrons. The number of carbonyl (C=O) groups excluding carboxylic acids is 1. The molecule has 1 unspecified atom stereocenters. The fourth-order valence-corrected chi connectivity index (χ4v) is 0.757. The molecule has 0 rings (SSSR count). The summed E-state index contributed by atoms with van der Waals surface area (Å²) in [6.07, 6.45) is 1.40. The van der Waals surface area contributed by atoms with E-state index in [-0.39, 0.29) is 6.42 Å². The summed E-state index contributed by atoms with van der Waals surface area (Å²) in [4.78, 5) is 21.6. The first-order valence-electron chi connectivity index (χ1n) is 4.58. The first-order valence-corrected chi connectivity index (χ1v) is 4.58. The number of hydrogen-bond acceptors (Lipinski definition) is 4. The number of unbranched alkanes of at least 4 members (excludes halogenated alkanes) is 1. The molecule has 0 aliphatic carbocycles. The minimum absolute atomic E-state index is 0.300. The highest BCUT2D eigenvalue weighted by atomic mass is 16.5. The number of carboxylic acid groups (broad SMARTS) is 1. The molecule has 5 heteroatoms. The fourth-order valence-electron chi connectivity index (χ4n) is 0.757. The van der Waals surface area contributed by atoms with Gasteiger partial charge in [0.15, 0.2) is 0 Å². The zero-order valence-corrected chi connectivity index (χ0v) is 8.58. The summed E-state index contributed by atoms with van der Waals surface area (Å²) < 4.78 is 4.79. The lowest BCUT2D eigenvalue weighted by atomic mass is 10.0. The molecule has 3 N–H and O–H groups in total. The van der Waals surface area contributed by atoms with Gasteiger partial charge in [0.05, 0.1) is 13.0 Å². The monoisotopic (exact) mass is 203 g/mol. The van der Waals surface area contributed by atoms with Crippen molar-refractivity contribution in [1.82, 2.24) is 0 Å². The van der Waals surface area contributed by atoms with Gasteiger partial charge in [0, 0.05) is 0 Å². The van der Waals surface area contributed by atoms with E-state index >= 15 is 0 Å². The average molecular weight is 203 g/mol. The minimum Gasteiger partial charge on any atom is -0.480 e. The summed E-state index contributed by atoms with van der Waals surface area (Å²) in [5.41, 5.74) is 3.83. The molecule has 0 aromatic rings. The van der Waals surface area contributed by atoms with E-state index in [0.717, 1.165) is 12.8 Å². The van der Waals surface area contributed by atoms with Gasteiger partial charge < -0.3 is 15.6 Å². The second kappa shape index (κ2) is 5.59. The fraction of sp³-hybridized carbons (Fsp3) is 0.778. The smallest absolute Gasteiger partial charge is 0.323 e. The number of ether oxygens (including phenoxy) is 1. The quantitative estimate of drug-likeness (QED) is 0.485. The van der Waals surface area contributed by atoms with Crippen LogP contribution in [0, 0.1) is 0 Å². The van der Waals surface area contributed by atoms with E-state index in [2.05, 4.69) is 0 Å². The Balaban J connectivity index is 3.88. The standard InChI is InChI=1S/C9H17NO4/c1-3-4-5-14-7(11)6-9(2,10)8(12)13/h3-6,10H2,1-2H3,(H,12,13). The van der Waals surface area contributed by atoms with Gasteiger partial charge in [-0.15, -0.1) is 0 Å². The highest BCUT2D eigenvalue weighted by Crippen LogP contribution is 2.07. The Morgan fingerprint density at radius 1 is 1.50 bits per heavy atom. The van der Waals surface area contributed by atoms with E-state index < -0.39 is 17.5 Å². The number of hydrogen-bond donors (Lipinski definition) is 2. The first-order chi connectivity index (χ1) is 6.40. The summed E-state index contributed by atoms with van der Waals surface area (Å²) in [5, 5.41) is 8.63. The Kier molecular flexibility index (Phi) is 5.15. The van der Waals surface area contributed by atoms with Crippen LogP contribution in [-0.4, -0.2) is 29.2 Å². The van der Waals surface area contributed by atoms with E-state index in [0.29, 0.717) is 6.61 Å². The van der Waals surface area contributed by atoms with Crippen molar-refractivity contribution in [3.05, 3.63) is 0 Å². The molecule has 0 bridgehead atoms. The second-order valence-electron chi connectivity index (χ2n) is 3.47. The third-order valence-corrected chi connectivity index (χ3v) is 1.76. The molecule has 0 aromatic heterocycles. The summed E-state index contributed by atoms with van der Waals surface area (Å²) in [5.74, 6) is -1.77. The topological polar surface area (TPSA) is 89.6 Å². The maximum atomic E-state index is 11.1. The predicted molar refractivity (Wildman–Crippen MR) is 50.7 cm³/mol. The van der Waals surface area contributed by atoms with Crippen molar-refractivity contribution in [1.29, 1.82) is 0 Å². The lowest BCUT2D eigenvalue weighted by molar-refractivity contribution is -0.152. The number of nitrogens with two attached hydrogens (primary N) is 1. The van der Waals surface area contributed by atoms with Crippen LogP contribution in [0.1, 0.15) is 33.1 Å². The van der Waals surface area contributed by atoms with Crippen LogP contribution in [0.25, 0.3) is 0 Å². The van der Waals surface area contributed by atoms with Gasteiger partial charge in [-0.25, -0.2) is 0 Å². The lowest BCUT2D eigenvalue weighted by Gasteiger charge is -2.17. The molecule has 0 saturated carbocycles. The van der Waals surface area contributed by atoms with Gasteiger partial charge >= 0.3 is 11.9 Å². The van der Waals surface area contributed by atoms with Crippen LogP contribution in [0.4, 0.5) is 0 Å². The molecule has 1 atom stereocenters. The van der Waals surface area contributed by atoms with Crippen molar-refractivity contribution >= 4 is 11.9 Å².